The van der Waals surface area contributed by atoms with Gasteiger partial charge in [-0.3, -0.25) is 4.79 Å². The Kier molecular flexibility index (Phi) is 4.71. The summed E-state index contributed by atoms with van der Waals surface area (Å²) in [5, 5.41) is 13.4. The molecular formula is C15H17ClN2O4. The average molecular weight is 325 g/mol. The smallest absolute Gasteiger partial charge is 0.303 e. The van der Waals surface area contributed by atoms with E-state index in [4.69, 9.17) is 26.0 Å². The third-order valence-electron chi connectivity index (χ3n) is 3.13. The highest BCUT2D eigenvalue weighted by Crippen LogP contribution is 2.32. The van der Waals surface area contributed by atoms with Gasteiger partial charge >= 0.3 is 5.97 Å². The SMILES string of the molecule is COc1ccc(Cl)cc1-c1noc(CC(C)(C)CC(=O)O)n1. The molecule has 1 heterocycles. The number of methoxy groups -OCH3 is 1. The lowest BCUT2D eigenvalue weighted by Crippen LogP contribution is -2.19. The largest absolute Gasteiger partial charge is 0.496 e. The van der Waals surface area contributed by atoms with E-state index in [0.29, 0.717) is 34.5 Å². The molecule has 2 rings (SSSR count). The molecule has 0 aliphatic rings. The molecule has 0 amide bonds. The van der Waals surface area contributed by atoms with Crippen LogP contribution in [-0.2, 0) is 11.2 Å². The number of nitrogens with zero attached hydrogens (tertiary/aromatic N) is 2. The number of carboxylic acids is 1. The minimum Gasteiger partial charge on any atom is -0.496 e. The molecule has 0 saturated heterocycles. The normalized spacial score (nSPS) is 11.5. The van der Waals surface area contributed by atoms with Crippen molar-refractivity contribution in [2.75, 3.05) is 7.11 Å². The molecule has 0 saturated carbocycles. The molecule has 0 spiro atoms. The zero-order valence-electron chi connectivity index (χ0n) is 12.6. The first-order chi connectivity index (χ1) is 10.3. The molecule has 1 aromatic carbocycles. The molecule has 7 heteroatoms. The number of carboxylic acid groups (broad SMARTS) is 1. The highest BCUT2D eigenvalue weighted by molar-refractivity contribution is 6.30. The molecule has 118 valence electrons. The van der Waals surface area contributed by atoms with Crippen molar-refractivity contribution in [3.8, 4) is 17.1 Å². The van der Waals surface area contributed by atoms with Crippen molar-refractivity contribution in [1.29, 1.82) is 0 Å². The highest BCUT2D eigenvalue weighted by Gasteiger charge is 2.26. The van der Waals surface area contributed by atoms with Gasteiger partial charge in [-0.15, -0.1) is 0 Å². The second-order valence-electron chi connectivity index (χ2n) is 5.77. The zero-order chi connectivity index (χ0) is 16.3. The van der Waals surface area contributed by atoms with Crippen LogP contribution >= 0.6 is 11.6 Å². The van der Waals surface area contributed by atoms with Gasteiger partial charge < -0.3 is 14.4 Å². The second kappa shape index (κ2) is 6.36. The van der Waals surface area contributed by atoms with Crippen molar-refractivity contribution in [1.82, 2.24) is 10.1 Å². The van der Waals surface area contributed by atoms with Crippen LogP contribution in [0.3, 0.4) is 0 Å². The predicted octanol–water partition coefficient (Wildman–Crippen LogP) is 3.44. The van der Waals surface area contributed by atoms with Crippen molar-refractivity contribution in [2.24, 2.45) is 5.41 Å². The van der Waals surface area contributed by atoms with Crippen LogP contribution in [0.15, 0.2) is 22.7 Å². The lowest BCUT2D eigenvalue weighted by molar-refractivity contribution is -0.139. The number of hydrogen-bond donors (Lipinski definition) is 1. The molecular weight excluding hydrogens is 308 g/mol. The van der Waals surface area contributed by atoms with Crippen LogP contribution in [0.25, 0.3) is 11.4 Å². The van der Waals surface area contributed by atoms with Crippen LogP contribution in [0, 0.1) is 5.41 Å². The first-order valence-electron chi connectivity index (χ1n) is 6.69. The standard InChI is InChI=1S/C15H17ClN2O4/c1-15(2,8-13(19)20)7-12-17-14(18-22-12)10-6-9(16)4-5-11(10)21-3/h4-6H,7-8H2,1-3H3,(H,19,20). The maximum absolute atomic E-state index is 10.9. The summed E-state index contributed by atoms with van der Waals surface area (Å²) >= 11 is 5.99. The van der Waals surface area contributed by atoms with Crippen LogP contribution in [0.4, 0.5) is 0 Å². The highest BCUT2D eigenvalue weighted by atomic mass is 35.5. The number of carbonyl (C=O) groups is 1. The first-order valence-corrected chi connectivity index (χ1v) is 7.07. The molecule has 2 aromatic rings. The van der Waals surface area contributed by atoms with Gasteiger partial charge in [-0.25, -0.2) is 0 Å². The van der Waals surface area contributed by atoms with Gasteiger partial charge in [0.1, 0.15) is 5.75 Å². The van der Waals surface area contributed by atoms with Crippen molar-refractivity contribution >= 4 is 17.6 Å². The van der Waals surface area contributed by atoms with Gasteiger partial charge in [0.2, 0.25) is 11.7 Å². The molecule has 1 N–H and O–H groups in total. The van der Waals surface area contributed by atoms with Crippen LogP contribution in [0.5, 0.6) is 5.75 Å². The van der Waals surface area contributed by atoms with Crippen LogP contribution in [0.1, 0.15) is 26.2 Å². The van der Waals surface area contributed by atoms with E-state index in [-0.39, 0.29) is 6.42 Å². The van der Waals surface area contributed by atoms with Gasteiger partial charge in [-0.2, -0.15) is 4.98 Å². The summed E-state index contributed by atoms with van der Waals surface area (Å²) in [7, 11) is 1.55. The monoisotopic (exact) mass is 324 g/mol. The Bertz CT molecular complexity index is 682. The molecule has 0 unspecified atom stereocenters. The Morgan fingerprint density at radius 2 is 2.18 bits per heavy atom. The van der Waals surface area contributed by atoms with Gasteiger partial charge in [0.05, 0.1) is 19.1 Å². The molecule has 0 aliphatic carbocycles. The minimum absolute atomic E-state index is 0.0190. The fraction of sp³-hybridized carbons (Fsp3) is 0.400. The van der Waals surface area contributed by atoms with Crippen LogP contribution in [0.2, 0.25) is 5.02 Å². The molecule has 0 fully saturated rings. The van der Waals surface area contributed by atoms with E-state index in [1.54, 1.807) is 25.3 Å². The third kappa shape index (κ3) is 3.98. The van der Waals surface area contributed by atoms with Crippen LogP contribution in [-0.4, -0.2) is 28.3 Å². The topological polar surface area (TPSA) is 85.5 Å². The Labute approximate surface area is 133 Å². The molecule has 0 atom stereocenters. The summed E-state index contributed by atoms with van der Waals surface area (Å²) in [5.41, 5.74) is 0.148. The van der Waals surface area contributed by atoms with Gasteiger partial charge in [0.15, 0.2) is 0 Å². The lowest BCUT2D eigenvalue weighted by atomic mass is 9.86. The predicted molar refractivity (Wildman–Crippen MR) is 81.0 cm³/mol. The Balaban J connectivity index is 2.25. The number of aromatic nitrogens is 2. The lowest BCUT2D eigenvalue weighted by Gasteiger charge is -2.19. The second-order valence-corrected chi connectivity index (χ2v) is 6.20. The maximum Gasteiger partial charge on any atom is 0.303 e. The Morgan fingerprint density at radius 3 is 2.82 bits per heavy atom. The fourth-order valence-corrected chi connectivity index (χ4v) is 2.34. The number of rotatable bonds is 6. The van der Waals surface area contributed by atoms with E-state index in [1.807, 2.05) is 13.8 Å². The summed E-state index contributed by atoms with van der Waals surface area (Å²) < 4.78 is 10.5. The van der Waals surface area contributed by atoms with Crippen molar-refractivity contribution in [3.63, 3.8) is 0 Å². The molecule has 1 aromatic heterocycles. The van der Waals surface area contributed by atoms with Gasteiger partial charge in [0.25, 0.3) is 0 Å². The van der Waals surface area contributed by atoms with Gasteiger partial charge in [-0.05, 0) is 23.6 Å². The van der Waals surface area contributed by atoms with E-state index >= 15 is 0 Å². The quantitative estimate of drug-likeness (QED) is 0.876. The summed E-state index contributed by atoms with van der Waals surface area (Å²) in [6.07, 6.45) is 0.389. The number of benzene rings is 1. The first kappa shape index (κ1) is 16.3. The van der Waals surface area contributed by atoms with Crippen molar-refractivity contribution in [3.05, 3.63) is 29.1 Å². The zero-order valence-corrected chi connectivity index (χ0v) is 13.3. The summed E-state index contributed by atoms with van der Waals surface area (Å²) in [6, 6.07) is 5.13. The number of aliphatic carboxylic acids is 1. The molecule has 0 bridgehead atoms. The number of ether oxygens (including phenoxy) is 1. The van der Waals surface area contributed by atoms with E-state index in [2.05, 4.69) is 10.1 Å². The summed E-state index contributed by atoms with van der Waals surface area (Å²) in [6.45, 7) is 3.68. The van der Waals surface area contributed by atoms with Crippen LogP contribution < -0.4 is 4.74 Å². The van der Waals surface area contributed by atoms with E-state index in [9.17, 15) is 4.79 Å². The summed E-state index contributed by atoms with van der Waals surface area (Å²) in [4.78, 5) is 15.2. The Morgan fingerprint density at radius 1 is 1.45 bits per heavy atom. The van der Waals surface area contributed by atoms with E-state index < -0.39 is 11.4 Å². The van der Waals surface area contributed by atoms with E-state index in [0.717, 1.165) is 0 Å². The minimum atomic E-state index is -0.860. The maximum atomic E-state index is 10.9. The average Bonchev–Trinajstić information content (AvgIpc) is 2.84. The van der Waals surface area contributed by atoms with Gasteiger partial charge in [0, 0.05) is 11.4 Å². The molecule has 22 heavy (non-hydrogen) atoms. The number of hydrogen-bond acceptors (Lipinski definition) is 5. The third-order valence-corrected chi connectivity index (χ3v) is 3.37. The van der Waals surface area contributed by atoms with Crippen molar-refractivity contribution in [2.45, 2.75) is 26.7 Å². The number of halogens is 1. The van der Waals surface area contributed by atoms with Crippen molar-refractivity contribution < 1.29 is 19.2 Å². The molecule has 6 nitrogen and oxygen atoms in total. The van der Waals surface area contributed by atoms with Gasteiger partial charge in [-0.1, -0.05) is 30.6 Å². The fourth-order valence-electron chi connectivity index (χ4n) is 2.17. The molecule has 0 radical (unpaired) electrons. The summed E-state index contributed by atoms with van der Waals surface area (Å²) in [5.74, 6) is 0.464. The van der Waals surface area contributed by atoms with E-state index in [1.165, 1.54) is 0 Å². The molecule has 0 aliphatic heterocycles. The Hall–Kier alpha value is -2.08.